The lowest BCUT2D eigenvalue weighted by atomic mass is 10.1. The van der Waals surface area contributed by atoms with Crippen molar-refractivity contribution in [2.24, 2.45) is 5.73 Å². The monoisotopic (exact) mass is 224 g/mol. The number of rotatable bonds is 6. The van der Waals surface area contributed by atoms with Crippen molar-refractivity contribution in [2.75, 3.05) is 19.6 Å². The number of nitrogens with zero attached hydrogens (tertiary/aromatic N) is 3. The molecule has 1 heterocycles. The normalized spacial score (nSPS) is 13.7. The fourth-order valence-electron chi connectivity index (χ4n) is 1.97. The van der Waals surface area contributed by atoms with E-state index in [1.807, 2.05) is 10.9 Å². The van der Waals surface area contributed by atoms with Crippen LogP contribution in [0.25, 0.3) is 0 Å². The van der Waals surface area contributed by atoms with Crippen LogP contribution in [-0.4, -0.2) is 34.3 Å². The van der Waals surface area contributed by atoms with Crippen LogP contribution >= 0.6 is 0 Å². The zero-order valence-corrected chi connectivity index (χ0v) is 10.8. The summed E-state index contributed by atoms with van der Waals surface area (Å²) < 4.78 is 1.99. The van der Waals surface area contributed by atoms with Gasteiger partial charge in [0.05, 0.1) is 12.2 Å². The molecule has 0 bridgehead atoms. The van der Waals surface area contributed by atoms with E-state index in [-0.39, 0.29) is 0 Å². The Labute approximate surface area is 98.4 Å². The molecule has 1 rings (SSSR count). The number of hydrogen-bond acceptors (Lipinski definition) is 3. The Bertz CT molecular complexity index is 302. The van der Waals surface area contributed by atoms with Crippen LogP contribution in [0.5, 0.6) is 0 Å². The molecule has 0 aromatic carbocycles. The van der Waals surface area contributed by atoms with Crippen LogP contribution in [0.1, 0.15) is 45.3 Å². The average molecular weight is 224 g/mol. The van der Waals surface area contributed by atoms with Gasteiger partial charge in [0.2, 0.25) is 0 Å². The summed E-state index contributed by atoms with van der Waals surface area (Å²) in [7, 11) is 0. The summed E-state index contributed by atoms with van der Waals surface area (Å²) in [6, 6.07) is 0.700. The molecule has 0 aliphatic carbocycles. The first kappa shape index (κ1) is 13.2. The van der Waals surface area contributed by atoms with Crippen LogP contribution in [0.15, 0.2) is 12.4 Å². The molecule has 0 saturated heterocycles. The Morgan fingerprint density at radius 3 is 2.38 bits per heavy atom. The van der Waals surface area contributed by atoms with Gasteiger partial charge in [0.1, 0.15) is 0 Å². The van der Waals surface area contributed by atoms with E-state index in [4.69, 9.17) is 5.73 Å². The van der Waals surface area contributed by atoms with Crippen LogP contribution in [0.2, 0.25) is 0 Å². The van der Waals surface area contributed by atoms with Crippen molar-refractivity contribution < 1.29 is 0 Å². The third-order valence-electron chi connectivity index (χ3n) is 3.01. The van der Waals surface area contributed by atoms with Crippen molar-refractivity contribution in [3.8, 4) is 0 Å². The van der Waals surface area contributed by atoms with Crippen molar-refractivity contribution in [3.05, 3.63) is 18.0 Å². The predicted molar refractivity (Wildman–Crippen MR) is 67.3 cm³/mol. The van der Waals surface area contributed by atoms with Crippen LogP contribution in [0, 0.1) is 0 Å². The van der Waals surface area contributed by atoms with E-state index in [1.165, 1.54) is 5.56 Å². The molecule has 16 heavy (non-hydrogen) atoms. The molecule has 1 atom stereocenters. The van der Waals surface area contributed by atoms with Crippen molar-refractivity contribution in [1.29, 1.82) is 0 Å². The maximum Gasteiger partial charge on any atom is 0.0538 e. The Morgan fingerprint density at radius 1 is 1.38 bits per heavy atom. The molecule has 1 aromatic heterocycles. The quantitative estimate of drug-likeness (QED) is 0.801. The molecule has 4 heteroatoms. The molecule has 1 aromatic rings. The summed E-state index contributed by atoms with van der Waals surface area (Å²) in [6.45, 7) is 11.3. The second-order valence-corrected chi connectivity index (χ2v) is 4.32. The Balaban J connectivity index is 2.85. The Hall–Kier alpha value is -0.870. The third kappa shape index (κ3) is 2.83. The minimum atomic E-state index is 0.294. The van der Waals surface area contributed by atoms with Crippen molar-refractivity contribution in [2.45, 2.75) is 39.8 Å². The van der Waals surface area contributed by atoms with Crippen LogP contribution in [0.4, 0.5) is 0 Å². The fraction of sp³-hybridized carbons (Fsp3) is 0.750. The lowest BCUT2D eigenvalue weighted by molar-refractivity contribution is 0.224. The third-order valence-corrected chi connectivity index (χ3v) is 3.01. The topological polar surface area (TPSA) is 47.1 Å². The molecular weight excluding hydrogens is 200 g/mol. The first-order valence-corrected chi connectivity index (χ1v) is 6.12. The highest BCUT2D eigenvalue weighted by atomic mass is 15.3. The second kappa shape index (κ2) is 6.01. The average Bonchev–Trinajstić information content (AvgIpc) is 2.74. The summed E-state index contributed by atoms with van der Waals surface area (Å²) in [5, 5.41) is 4.37. The Kier molecular flexibility index (Phi) is 4.96. The van der Waals surface area contributed by atoms with Crippen LogP contribution < -0.4 is 5.73 Å². The molecule has 0 radical (unpaired) electrons. The standard InChI is InChI=1S/C12H24N4/c1-5-15(6-2)12(7-13)11-8-14-16(9-11)10(3)4/h8-10,12H,5-7,13H2,1-4H3. The summed E-state index contributed by atoms with van der Waals surface area (Å²) >= 11 is 0. The predicted octanol–water partition coefficient (Wildman–Crippen LogP) is 1.81. The summed E-state index contributed by atoms with van der Waals surface area (Å²) in [6.07, 6.45) is 4.05. The molecule has 4 nitrogen and oxygen atoms in total. The van der Waals surface area contributed by atoms with Gasteiger partial charge in [-0.2, -0.15) is 5.10 Å². The van der Waals surface area contributed by atoms with E-state index >= 15 is 0 Å². The Morgan fingerprint density at radius 2 is 2.00 bits per heavy atom. The van der Waals surface area contributed by atoms with Crippen molar-refractivity contribution in [1.82, 2.24) is 14.7 Å². The van der Waals surface area contributed by atoms with E-state index in [0.717, 1.165) is 13.1 Å². The number of likely N-dealkylation sites (N-methyl/N-ethyl adjacent to an activating group) is 1. The largest absolute Gasteiger partial charge is 0.329 e. The van der Waals surface area contributed by atoms with E-state index in [1.54, 1.807) is 0 Å². The highest BCUT2D eigenvalue weighted by Crippen LogP contribution is 2.19. The highest BCUT2D eigenvalue weighted by molar-refractivity contribution is 5.11. The van der Waals surface area contributed by atoms with Gasteiger partial charge in [-0.25, -0.2) is 0 Å². The van der Waals surface area contributed by atoms with Crippen molar-refractivity contribution in [3.63, 3.8) is 0 Å². The van der Waals surface area contributed by atoms with Crippen LogP contribution in [-0.2, 0) is 0 Å². The maximum absolute atomic E-state index is 5.86. The zero-order valence-electron chi connectivity index (χ0n) is 10.8. The molecule has 92 valence electrons. The van der Waals surface area contributed by atoms with E-state index in [9.17, 15) is 0 Å². The van der Waals surface area contributed by atoms with Gasteiger partial charge in [-0.15, -0.1) is 0 Å². The molecule has 0 aliphatic heterocycles. The second-order valence-electron chi connectivity index (χ2n) is 4.32. The van der Waals surface area contributed by atoms with Gasteiger partial charge in [-0.3, -0.25) is 9.58 Å². The van der Waals surface area contributed by atoms with Crippen molar-refractivity contribution >= 4 is 0 Å². The maximum atomic E-state index is 5.86. The smallest absolute Gasteiger partial charge is 0.0538 e. The lowest BCUT2D eigenvalue weighted by Crippen LogP contribution is -2.33. The summed E-state index contributed by atoms with van der Waals surface area (Å²) in [4.78, 5) is 2.36. The van der Waals surface area contributed by atoms with Gasteiger partial charge < -0.3 is 5.73 Å². The molecule has 0 fully saturated rings. The minimum absolute atomic E-state index is 0.294. The van der Waals surface area contributed by atoms with Gasteiger partial charge in [0, 0.05) is 24.3 Å². The molecule has 1 unspecified atom stereocenters. The number of aromatic nitrogens is 2. The SMILES string of the molecule is CCN(CC)C(CN)c1cnn(C(C)C)c1. The van der Waals surface area contributed by atoms with Gasteiger partial charge in [0.25, 0.3) is 0 Å². The zero-order chi connectivity index (χ0) is 12.1. The summed E-state index contributed by atoms with van der Waals surface area (Å²) in [5.74, 6) is 0. The number of hydrogen-bond donors (Lipinski definition) is 1. The van der Waals surface area contributed by atoms with E-state index in [0.29, 0.717) is 18.6 Å². The molecule has 2 N–H and O–H groups in total. The van der Waals surface area contributed by atoms with E-state index < -0.39 is 0 Å². The fourth-order valence-corrected chi connectivity index (χ4v) is 1.97. The van der Waals surface area contributed by atoms with Gasteiger partial charge in [-0.05, 0) is 26.9 Å². The van der Waals surface area contributed by atoms with Gasteiger partial charge in [0.15, 0.2) is 0 Å². The highest BCUT2D eigenvalue weighted by Gasteiger charge is 2.18. The first-order chi connectivity index (χ1) is 7.63. The molecule has 0 saturated carbocycles. The number of nitrogens with two attached hydrogens (primary N) is 1. The molecule has 0 aliphatic rings. The van der Waals surface area contributed by atoms with Gasteiger partial charge in [-0.1, -0.05) is 13.8 Å². The van der Waals surface area contributed by atoms with Crippen LogP contribution in [0.3, 0.4) is 0 Å². The molecular formula is C12H24N4. The summed E-state index contributed by atoms with van der Waals surface area (Å²) in [5.41, 5.74) is 7.09. The van der Waals surface area contributed by atoms with Gasteiger partial charge >= 0.3 is 0 Å². The molecule has 0 spiro atoms. The molecule has 0 amide bonds. The lowest BCUT2D eigenvalue weighted by Gasteiger charge is -2.27. The minimum Gasteiger partial charge on any atom is -0.329 e. The first-order valence-electron chi connectivity index (χ1n) is 6.12. The van der Waals surface area contributed by atoms with E-state index in [2.05, 4.69) is 43.9 Å².